The number of aromatic nitrogens is 1. The second-order valence-electron chi connectivity index (χ2n) is 6.81. The number of hydrogen-bond donors (Lipinski definition) is 1. The summed E-state index contributed by atoms with van der Waals surface area (Å²) in [6.07, 6.45) is 1.66. The van der Waals surface area contributed by atoms with Crippen molar-refractivity contribution in [2.24, 2.45) is 5.73 Å². The van der Waals surface area contributed by atoms with Crippen molar-refractivity contribution in [3.63, 3.8) is 0 Å². The molecule has 0 saturated carbocycles. The van der Waals surface area contributed by atoms with E-state index in [1.165, 1.54) is 4.70 Å². The highest BCUT2D eigenvalue weighted by Gasteiger charge is 2.33. The highest BCUT2D eigenvalue weighted by atomic mass is 32.1. The predicted octanol–water partition coefficient (Wildman–Crippen LogP) is 2.46. The molecule has 24 heavy (non-hydrogen) atoms. The van der Waals surface area contributed by atoms with Gasteiger partial charge in [-0.25, -0.2) is 4.98 Å². The molecule has 0 aliphatic carbocycles. The number of thiazole rings is 1. The second-order valence-corrected chi connectivity index (χ2v) is 7.93. The number of hydrogen-bond acceptors (Lipinski definition) is 5. The Morgan fingerprint density at radius 2 is 2.00 bits per heavy atom. The third-order valence-corrected chi connectivity index (χ3v) is 5.64. The van der Waals surface area contributed by atoms with Crippen LogP contribution < -0.4 is 5.73 Å². The van der Waals surface area contributed by atoms with E-state index in [9.17, 15) is 4.79 Å². The van der Waals surface area contributed by atoms with E-state index >= 15 is 0 Å². The Kier molecular flexibility index (Phi) is 5.18. The molecule has 1 atom stereocenters. The van der Waals surface area contributed by atoms with Gasteiger partial charge >= 0.3 is 0 Å². The van der Waals surface area contributed by atoms with Crippen LogP contribution in [0.4, 0.5) is 0 Å². The van der Waals surface area contributed by atoms with Crippen molar-refractivity contribution in [2.75, 3.05) is 26.2 Å². The van der Waals surface area contributed by atoms with Crippen molar-refractivity contribution in [1.29, 1.82) is 0 Å². The number of carbonyl (C=O) groups excluding carboxylic acids is 1. The van der Waals surface area contributed by atoms with Gasteiger partial charge in [-0.15, -0.1) is 11.3 Å². The molecular weight excluding hydrogens is 320 g/mol. The van der Waals surface area contributed by atoms with Gasteiger partial charge in [0.1, 0.15) is 5.01 Å². The Balaban J connectivity index is 1.56. The van der Waals surface area contributed by atoms with Crippen LogP contribution in [0.25, 0.3) is 10.2 Å². The van der Waals surface area contributed by atoms with E-state index in [4.69, 9.17) is 10.7 Å². The van der Waals surface area contributed by atoms with E-state index in [1.54, 1.807) is 11.3 Å². The maximum absolute atomic E-state index is 12.6. The molecule has 1 aliphatic heterocycles. The number of nitrogens with zero attached hydrogens (tertiary/aromatic N) is 3. The maximum Gasteiger partial charge on any atom is 0.242 e. The molecule has 0 radical (unpaired) electrons. The van der Waals surface area contributed by atoms with Crippen LogP contribution in [-0.4, -0.2) is 52.4 Å². The summed E-state index contributed by atoms with van der Waals surface area (Å²) in [5.41, 5.74) is 6.53. The van der Waals surface area contributed by atoms with Crippen molar-refractivity contribution < 1.29 is 4.79 Å². The Bertz CT molecular complexity index is 671. The zero-order chi connectivity index (χ0) is 17.2. The minimum Gasteiger partial charge on any atom is -0.339 e. The van der Waals surface area contributed by atoms with Crippen LogP contribution in [0, 0.1) is 0 Å². The minimum atomic E-state index is -0.732. The van der Waals surface area contributed by atoms with Crippen LogP contribution in [0.3, 0.4) is 0 Å². The van der Waals surface area contributed by atoms with E-state index in [1.807, 2.05) is 17.9 Å². The highest BCUT2D eigenvalue weighted by Crippen LogP contribution is 2.23. The van der Waals surface area contributed by atoms with Gasteiger partial charge in [0.2, 0.25) is 5.91 Å². The van der Waals surface area contributed by atoms with Gasteiger partial charge in [-0.3, -0.25) is 9.69 Å². The fourth-order valence-electron chi connectivity index (χ4n) is 3.28. The molecule has 1 saturated heterocycles. The average molecular weight is 347 g/mol. The van der Waals surface area contributed by atoms with Crippen LogP contribution in [0.1, 0.15) is 31.7 Å². The van der Waals surface area contributed by atoms with Crippen LogP contribution in [0.15, 0.2) is 24.3 Å². The SMILES string of the molecule is CCCC(C)(N)C(=O)N1CCN(Cc2nc3ccccc3s2)CC1. The first kappa shape index (κ1) is 17.3. The highest BCUT2D eigenvalue weighted by molar-refractivity contribution is 7.18. The Hall–Kier alpha value is -1.50. The van der Waals surface area contributed by atoms with E-state index in [2.05, 4.69) is 30.0 Å². The van der Waals surface area contributed by atoms with Gasteiger partial charge in [-0.1, -0.05) is 25.5 Å². The molecule has 1 aromatic heterocycles. The minimum absolute atomic E-state index is 0.0870. The largest absolute Gasteiger partial charge is 0.339 e. The smallest absolute Gasteiger partial charge is 0.242 e. The van der Waals surface area contributed by atoms with Crippen molar-refractivity contribution in [3.05, 3.63) is 29.3 Å². The number of piperazine rings is 1. The summed E-state index contributed by atoms with van der Waals surface area (Å²) in [7, 11) is 0. The summed E-state index contributed by atoms with van der Waals surface area (Å²) in [4.78, 5) is 21.6. The van der Waals surface area contributed by atoms with Crippen molar-refractivity contribution in [3.8, 4) is 0 Å². The number of nitrogens with two attached hydrogens (primary N) is 1. The molecule has 1 aliphatic rings. The average Bonchev–Trinajstić information content (AvgIpc) is 2.97. The predicted molar refractivity (Wildman–Crippen MR) is 99.0 cm³/mol. The van der Waals surface area contributed by atoms with Crippen LogP contribution in [0.2, 0.25) is 0 Å². The fraction of sp³-hybridized carbons (Fsp3) is 0.556. The number of benzene rings is 1. The molecular formula is C18H26N4OS. The third-order valence-electron chi connectivity index (χ3n) is 4.61. The van der Waals surface area contributed by atoms with E-state index in [0.717, 1.165) is 56.1 Å². The van der Waals surface area contributed by atoms with Crippen LogP contribution in [0.5, 0.6) is 0 Å². The number of carbonyl (C=O) groups is 1. The number of amides is 1. The molecule has 1 unspecified atom stereocenters. The molecule has 2 aromatic rings. The lowest BCUT2D eigenvalue weighted by Gasteiger charge is -2.38. The van der Waals surface area contributed by atoms with Gasteiger partial charge in [-0.05, 0) is 25.5 Å². The molecule has 1 aromatic carbocycles. The summed E-state index contributed by atoms with van der Waals surface area (Å²) in [5, 5.41) is 1.14. The van der Waals surface area contributed by atoms with Crippen molar-refractivity contribution in [1.82, 2.24) is 14.8 Å². The molecule has 1 amide bonds. The molecule has 130 valence electrons. The monoisotopic (exact) mass is 346 g/mol. The topological polar surface area (TPSA) is 62.5 Å². The molecule has 2 heterocycles. The Morgan fingerprint density at radius 1 is 1.29 bits per heavy atom. The zero-order valence-electron chi connectivity index (χ0n) is 14.5. The van der Waals surface area contributed by atoms with Crippen LogP contribution >= 0.6 is 11.3 Å². The van der Waals surface area contributed by atoms with Gasteiger partial charge in [0.25, 0.3) is 0 Å². The number of para-hydroxylation sites is 1. The summed E-state index contributed by atoms with van der Waals surface area (Å²) in [6.45, 7) is 8.03. The second kappa shape index (κ2) is 7.17. The number of rotatable bonds is 5. The Labute approximate surface area is 147 Å². The van der Waals surface area contributed by atoms with Gasteiger partial charge in [0, 0.05) is 26.2 Å². The molecule has 5 nitrogen and oxygen atoms in total. The normalized spacial score (nSPS) is 18.7. The standard InChI is InChI=1S/C18H26N4OS/c1-3-8-18(2,19)17(23)22-11-9-21(10-12-22)13-16-20-14-6-4-5-7-15(14)24-16/h4-7H,3,8-13,19H2,1-2H3. The first-order valence-electron chi connectivity index (χ1n) is 8.64. The van der Waals surface area contributed by atoms with Gasteiger partial charge < -0.3 is 10.6 Å². The lowest BCUT2D eigenvalue weighted by Crippen LogP contribution is -2.58. The molecule has 2 N–H and O–H groups in total. The molecule has 1 fully saturated rings. The van der Waals surface area contributed by atoms with Gasteiger partial charge in [-0.2, -0.15) is 0 Å². The fourth-order valence-corrected chi connectivity index (χ4v) is 4.29. The first-order valence-corrected chi connectivity index (χ1v) is 9.46. The molecule has 0 bridgehead atoms. The van der Waals surface area contributed by atoms with Crippen LogP contribution in [-0.2, 0) is 11.3 Å². The lowest BCUT2D eigenvalue weighted by molar-refractivity contribution is -0.138. The molecule has 0 spiro atoms. The maximum atomic E-state index is 12.6. The van der Waals surface area contributed by atoms with Gasteiger partial charge in [0.15, 0.2) is 0 Å². The Morgan fingerprint density at radius 3 is 2.67 bits per heavy atom. The number of fused-ring (bicyclic) bond motifs is 1. The third kappa shape index (κ3) is 3.77. The molecule has 3 rings (SSSR count). The quantitative estimate of drug-likeness (QED) is 0.903. The lowest BCUT2D eigenvalue weighted by atomic mass is 9.95. The summed E-state index contributed by atoms with van der Waals surface area (Å²) in [6, 6.07) is 8.25. The summed E-state index contributed by atoms with van der Waals surface area (Å²) >= 11 is 1.76. The van der Waals surface area contributed by atoms with Gasteiger partial charge in [0.05, 0.1) is 22.3 Å². The van der Waals surface area contributed by atoms with Crippen molar-refractivity contribution in [2.45, 2.75) is 38.8 Å². The van der Waals surface area contributed by atoms with E-state index in [0.29, 0.717) is 0 Å². The van der Waals surface area contributed by atoms with E-state index < -0.39 is 5.54 Å². The van der Waals surface area contributed by atoms with Crippen molar-refractivity contribution >= 4 is 27.5 Å². The van der Waals surface area contributed by atoms with E-state index in [-0.39, 0.29) is 5.91 Å². The first-order chi connectivity index (χ1) is 11.5. The zero-order valence-corrected chi connectivity index (χ0v) is 15.3. The molecule has 6 heteroatoms. The summed E-state index contributed by atoms with van der Waals surface area (Å²) < 4.78 is 1.24. The summed E-state index contributed by atoms with van der Waals surface area (Å²) in [5.74, 6) is 0.0870.